The van der Waals surface area contributed by atoms with Gasteiger partial charge in [-0.05, 0) is 32.3 Å². The van der Waals surface area contributed by atoms with Gasteiger partial charge in [0.1, 0.15) is 5.69 Å². The van der Waals surface area contributed by atoms with E-state index in [2.05, 4.69) is 9.97 Å². The molecule has 3 rings (SSSR count). The van der Waals surface area contributed by atoms with Gasteiger partial charge in [-0.25, -0.2) is 9.97 Å². The van der Waals surface area contributed by atoms with E-state index < -0.39 is 11.9 Å². The quantitative estimate of drug-likeness (QED) is 0.837. The van der Waals surface area contributed by atoms with Crippen LogP contribution in [0.2, 0.25) is 0 Å². The molecule has 0 bridgehead atoms. The topological polar surface area (TPSA) is 49.3 Å². The van der Waals surface area contributed by atoms with Crippen LogP contribution < -0.4 is 4.90 Å². The second kappa shape index (κ2) is 5.65. The highest BCUT2D eigenvalue weighted by atomic mass is 19.4. The Hall–Kier alpha value is -1.86. The average molecular weight is 328 g/mol. The minimum absolute atomic E-state index is 0.0919. The summed E-state index contributed by atoms with van der Waals surface area (Å²) in [6.45, 7) is 3.66. The van der Waals surface area contributed by atoms with Crippen LogP contribution in [0.15, 0.2) is 12.3 Å². The molecule has 0 aliphatic carbocycles. The van der Waals surface area contributed by atoms with Crippen LogP contribution in [-0.4, -0.2) is 45.9 Å². The third-order valence-electron chi connectivity index (χ3n) is 4.77. The van der Waals surface area contributed by atoms with Crippen molar-refractivity contribution in [1.82, 2.24) is 14.9 Å². The first kappa shape index (κ1) is 16.0. The van der Waals surface area contributed by atoms with Gasteiger partial charge >= 0.3 is 6.18 Å². The fourth-order valence-corrected chi connectivity index (χ4v) is 3.75. The Balaban J connectivity index is 1.86. The SMILES string of the molecule is CCN1C(=O)CCC12CCCN(c1nccc(C(F)(F)F)n1)C2. The molecule has 1 spiro atoms. The van der Waals surface area contributed by atoms with Gasteiger partial charge in [0.25, 0.3) is 0 Å². The Bertz CT molecular complexity index is 607. The summed E-state index contributed by atoms with van der Waals surface area (Å²) in [5.41, 5.74) is -1.22. The zero-order valence-corrected chi connectivity index (χ0v) is 12.9. The van der Waals surface area contributed by atoms with Gasteiger partial charge in [-0.3, -0.25) is 4.79 Å². The Morgan fingerprint density at radius 3 is 2.83 bits per heavy atom. The maximum absolute atomic E-state index is 12.8. The van der Waals surface area contributed by atoms with Gasteiger partial charge in [0, 0.05) is 32.3 Å². The summed E-state index contributed by atoms with van der Waals surface area (Å²) in [4.78, 5) is 23.4. The van der Waals surface area contributed by atoms with Crippen LogP contribution in [0.3, 0.4) is 0 Å². The Kier molecular flexibility index (Phi) is 3.93. The number of halogens is 3. The molecule has 3 heterocycles. The van der Waals surface area contributed by atoms with E-state index in [0.717, 1.165) is 31.5 Å². The van der Waals surface area contributed by atoms with Crippen LogP contribution in [-0.2, 0) is 11.0 Å². The number of likely N-dealkylation sites (N-methyl/N-ethyl adjacent to an activating group) is 1. The first-order chi connectivity index (χ1) is 10.9. The van der Waals surface area contributed by atoms with Gasteiger partial charge in [0.05, 0.1) is 5.54 Å². The van der Waals surface area contributed by atoms with Crippen molar-refractivity contribution in [2.75, 3.05) is 24.5 Å². The fraction of sp³-hybridized carbons (Fsp3) is 0.667. The van der Waals surface area contributed by atoms with Crippen molar-refractivity contribution in [3.8, 4) is 0 Å². The largest absolute Gasteiger partial charge is 0.433 e. The van der Waals surface area contributed by atoms with Crippen LogP contribution in [0.4, 0.5) is 19.1 Å². The van der Waals surface area contributed by atoms with E-state index in [9.17, 15) is 18.0 Å². The Labute approximate surface area is 132 Å². The number of aromatic nitrogens is 2. The average Bonchev–Trinajstić information content (AvgIpc) is 2.82. The molecule has 2 saturated heterocycles. The predicted molar refractivity (Wildman–Crippen MR) is 77.8 cm³/mol. The number of likely N-dealkylation sites (tertiary alicyclic amines) is 1. The highest BCUT2D eigenvalue weighted by Gasteiger charge is 2.47. The third-order valence-corrected chi connectivity index (χ3v) is 4.77. The summed E-state index contributed by atoms with van der Waals surface area (Å²) in [6, 6.07) is 0.876. The van der Waals surface area contributed by atoms with E-state index in [4.69, 9.17) is 0 Å². The minimum atomic E-state index is -4.48. The summed E-state index contributed by atoms with van der Waals surface area (Å²) in [7, 11) is 0. The van der Waals surface area contributed by atoms with E-state index >= 15 is 0 Å². The number of amides is 1. The van der Waals surface area contributed by atoms with Crippen molar-refractivity contribution < 1.29 is 18.0 Å². The number of carbonyl (C=O) groups excluding carboxylic acids is 1. The molecule has 1 unspecified atom stereocenters. The van der Waals surface area contributed by atoms with Crippen molar-refractivity contribution in [2.45, 2.75) is 44.3 Å². The van der Waals surface area contributed by atoms with Gasteiger partial charge in [-0.15, -0.1) is 0 Å². The lowest BCUT2D eigenvalue weighted by molar-refractivity contribution is -0.141. The highest BCUT2D eigenvalue weighted by molar-refractivity contribution is 5.80. The molecule has 0 N–H and O–H groups in total. The molecule has 2 aliphatic rings. The third kappa shape index (κ3) is 2.86. The molecule has 0 saturated carbocycles. The predicted octanol–water partition coefficient (Wildman–Crippen LogP) is 2.48. The van der Waals surface area contributed by atoms with Crippen molar-refractivity contribution in [2.24, 2.45) is 0 Å². The number of carbonyl (C=O) groups is 1. The first-order valence-electron chi connectivity index (χ1n) is 7.81. The molecular weight excluding hydrogens is 309 g/mol. The van der Waals surface area contributed by atoms with Crippen LogP contribution >= 0.6 is 0 Å². The van der Waals surface area contributed by atoms with Crippen LogP contribution in [0.5, 0.6) is 0 Å². The molecule has 2 aliphatic heterocycles. The van der Waals surface area contributed by atoms with Crippen LogP contribution in [0.25, 0.3) is 0 Å². The molecule has 8 heteroatoms. The van der Waals surface area contributed by atoms with Gasteiger partial charge in [-0.2, -0.15) is 13.2 Å². The molecule has 2 fully saturated rings. The summed E-state index contributed by atoms with van der Waals surface area (Å²) >= 11 is 0. The standard InChI is InChI=1S/C15H19F3N4O/c1-2-22-12(23)4-7-14(22)6-3-9-21(10-14)13-19-8-5-11(20-13)15(16,17)18/h5,8H,2-4,6-7,9-10H2,1H3. The lowest BCUT2D eigenvalue weighted by Crippen LogP contribution is -2.57. The summed E-state index contributed by atoms with van der Waals surface area (Å²) in [5, 5.41) is 0. The second-order valence-corrected chi connectivity index (χ2v) is 6.13. The minimum Gasteiger partial charge on any atom is -0.338 e. The summed E-state index contributed by atoms with van der Waals surface area (Å²) in [5.74, 6) is 0.216. The van der Waals surface area contributed by atoms with E-state index in [0.29, 0.717) is 26.1 Å². The number of rotatable bonds is 2. The van der Waals surface area contributed by atoms with E-state index in [-0.39, 0.29) is 17.4 Å². The lowest BCUT2D eigenvalue weighted by atomic mass is 9.86. The number of hydrogen-bond donors (Lipinski definition) is 0. The van der Waals surface area contributed by atoms with E-state index in [1.807, 2.05) is 11.8 Å². The smallest absolute Gasteiger partial charge is 0.338 e. The molecule has 1 aromatic heterocycles. The molecule has 0 aromatic carbocycles. The van der Waals surface area contributed by atoms with Crippen molar-refractivity contribution in [3.05, 3.63) is 18.0 Å². The van der Waals surface area contributed by atoms with Gasteiger partial charge in [0.2, 0.25) is 11.9 Å². The van der Waals surface area contributed by atoms with E-state index in [1.165, 1.54) is 0 Å². The molecule has 23 heavy (non-hydrogen) atoms. The van der Waals surface area contributed by atoms with Crippen LogP contribution in [0, 0.1) is 0 Å². The van der Waals surface area contributed by atoms with Crippen molar-refractivity contribution in [3.63, 3.8) is 0 Å². The Morgan fingerprint density at radius 1 is 1.35 bits per heavy atom. The lowest BCUT2D eigenvalue weighted by Gasteiger charge is -2.45. The number of anilines is 1. The van der Waals surface area contributed by atoms with Crippen molar-refractivity contribution >= 4 is 11.9 Å². The normalized spacial score (nSPS) is 25.5. The first-order valence-corrected chi connectivity index (χ1v) is 7.81. The fourth-order valence-electron chi connectivity index (χ4n) is 3.75. The molecule has 1 amide bonds. The number of hydrogen-bond acceptors (Lipinski definition) is 4. The summed E-state index contributed by atoms with van der Waals surface area (Å²) in [6.07, 6.45) is -0.403. The van der Waals surface area contributed by atoms with E-state index in [1.54, 1.807) is 4.90 Å². The van der Waals surface area contributed by atoms with Gasteiger partial charge < -0.3 is 9.80 Å². The molecule has 1 aromatic rings. The molecule has 126 valence electrons. The van der Waals surface area contributed by atoms with Gasteiger partial charge in [0.15, 0.2) is 0 Å². The maximum atomic E-state index is 12.8. The monoisotopic (exact) mass is 328 g/mol. The zero-order valence-electron chi connectivity index (χ0n) is 12.9. The molecule has 0 radical (unpaired) electrons. The molecule has 5 nitrogen and oxygen atoms in total. The summed E-state index contributed by atoms with van der Waals surface area (Å²) < 4.78 is 38.5. The van der Waals surface area contributed by atoms with Crippen LogP contribution in [0.1, 0.15) is 38.3 Å². The number of alkyl halides is 3. The van der Waals surface area contributed by atoms with Gasteiger partial charge in [-0.1, -0.05) is 0 Å². The molecule has 1 atom stereocenters. The highest BCUT2D eigenvalue weighted by Crippen LogP contribution is 2.38. The second-order valence-electron chi connectivity index (χ2n) is 6.13. The molecular formula is C15H19F3N4O. The number of piperidine rings is 1. The maximum Gasteiger partial charge on any atom is 0.433 e. The Morgan fingerprint density at radius 2 is 2.13 bits per heavy atom. The number of nitrogens with zero attached hydrogens (tertiary/aromatic N) is 4. The zero-order chi connectivity index (χ0) is 16.7. The van der Waals surface area contributed by atoms with Crippen molar-refractivity contribution in [1.29, 1.82) is 0 Å².